The molecule has 0 heterocycles. The zero-order valence-corrected chi connectivity index (χ0v) is 9.67. The van der Waals surface area contributed by atoms with E-state index in [9.17, 15) is 13.2 Å². The second kappa shape index (κ2) is 4.96. The fourth-order valence-corrected chi connectivity index (χ4v) is 1.39. The molecule has 1 aliphatic carbocycles. The lowest BCUT2D eigenvalue weighted by Gasteiger charge is -2.13. The minimum atomic E-state index is -4.38. The summed E-state index contributed by atoms with van der Waals surface area (Å²) in [6, 6.07) is 4.50. The fraction of sp³-hybridized carbons (Fsp3) is 0.500. The van der Waals surface area contributed by atoms with Gasteiger partial charge < -0.3 is 15.2 Å². The topological polar surface area (TPSA) is 44.5 Å². The molecule has 100 valence electrons. The van der Waals surface area contributed by atoms with Gasteiger partial charge in [-0.1, -0.05) is 0 Å². The lowest BCUT2D eigenvalue weighted by molar-refractivity contribution is -0.153. The average molecular weight is 261 g/mol. The molecule has 0 spiro atoms. The molecule has 0 saturated heterocycles. The number of nitrogen functional groups attached to an aromatic ring is 1. The van der Waals surface area contributed by atoms with E-state index in [1.807, 2.05) is 0 Å². The van der Waals surface area contributed by atoms with Crippen LogP contribution in [0.1, 0.15) is 12.8 Å². The standard InChI is InChI=1S/C12H14F3NO2/c13-12(14,15)7-18-11-5-9(3-4-10(11)16)17-6-8-1-2-8/h3-5,8H,1-2,6-7,16H2. The van der Waals surface area contributed by atoms with E-state index in [4.69, 9.17) is 10.5 Å². The Balaban J connectivity index is 1.96. The van der Waals surface area contributed by atoms with E-state index in [0.29, 0.717) is 18.3 Å². The minimum absolute atomic E-state index is 0.000576. The molecule has 0 unspecified atom stereocenters. The summed E-state index contributed by atoms with van der Waals surface area (Å²) in [5.41, 5.74) is 5.70. The Morgan fingerprint density at radius 3 is 2.56 bits per heavy atom. The van der Waals surface area contributed by atoms with Crippen molar-refractivity contribution in [2.45, 2.75) is 19.0 Å². The molecule has 0 bridgehead atoms. The Labute approximate surface area is 103 Å². The highest BCUT2D eigenvalue weighted by Crippen LogP contribution is 2.32. The van der Waals surface area contributed by atoms with Gasteiger partial charge in [0.15, 0.2) is 6.61 Å². The van der Waals surface area contributed by atoms with Crippen LogP contribution in [0.4, 0.5) is 18.9 Å². The van der Waals surface area contributed by atoms with E-state index in [-0.39, 0.29) is 11.4 Å². The second-order valence-corrected chi connectivity index (χ2v) is 4.36. The molecule has 3 nitrogen and oxygen atoms in total. The summed E-state index contributed by atoms with van der Waals surface area (Å²) in [6.45, 7) is -0.772. The van der Waals surface area contributed by atoms with Crippen LogP contribution in [0.5, 0.6) is 11.5 Å². The number of hydrogen-bond donors (Lipinski definition) is 1. The van der Waals surface area contributed by atoms with Crippen molar-refractivity contribution in [2.75, 3.05) is 18.9 Å². The Kier molecular flexibility index (Phi) is 3.54. The summed E-state index contributed by atoms with van der Waals surface area (Å²) in [4.78, 5) is 0. The molecule has 18 heavy (non-hydrogen) atoms. The second-order valence-electron chi connectivity index (χ2n) is 4.36. The number of rotatable bonds is 5. The molecule has 1 aliphatic rings. The van der Waals surface area contributed by atoms with E-state index in [1.54, 1.807) is 6.07 Å². The van der Waals surface area contributed by atoms with E-state index < -0.39 is 12.8 Å². The van der Waals surface area contributed by atoms with Gasteiger partial charge in [-0.2, -0.15) is 13.2 Å². The van der Waals surface area contributed by atoms with Crippen LogP contribution in [0.2, 0.25) is 0 Å². The first-order chi connectivity index (χ1) is 8.44. The highest BCUT2D eigenvalue weighted by molar-refractivity contribution is 5.55. The molecule has 0 atom stereocenters. The van der Waals surface area contributed by atoms with E-state index in [2.05, 4.69) is 4.74 Å². The van der Waals surface area contributed by atoms with Crippen LogP contribution in [0.3, 0.4) is 0 Å². The van der Waals surface area contributed by atoms with Crippen LogP contribution in [-0.4, -0.2) is 19.4 Å². The number of benzene rings is 1. The Hall–Kier alpha value is -1.59. The molecule has 1 aromatic rings. The van der Waals surface area contributed by atoms with Crippen molar-refractivity contribution in [1.82, 2.24) is 0 Å². The molecular formula is C12H14F3NO2. The van der Waals surface area contributed by atoms with Gasteiger partial charge in [0.25, 0.3) is 0 Å². The largest absolute Gasteiger partial charge is 0.493 e. The van der Waals surface area contributed by atoms with Crippen LogP contribution in [0.25, 0.3) is 0 Å². The summed E-state index contributed by atoms with van der Waals surface area (Å²) < 4.78 is 46.2. The molecule has 1 fully saturated rings. The highest BCUT2D eigenvalue weighted by atomic mass is 19.4. The van der Waals surface area contributed by atoms with Crippen LogP contribution in [0, 0.1) is 5.92 Å². The monoisotopic (exact) mass is 261 g/mol. The molecule has 1 aromatic carbocycles. The maximum Gasteiger partial charge on any atom is 0.422 e. The molecule has 0 radical (unpaired) electrons. The lowest BCUT2D eigenvalue weighted by Crippen LogP contribution is -2.19. The zero-order valence-electron chi connectivity index (χ0n) is 9.67. The predicted octanol–water partition coefficient (Wildman–Crippen LogP) is 3.00. The van der Waals surface area contributed by atoms with Gasteiger partial charge in [0, 0.05) is 6.07 Å². The van der Waals surface area contributed by atoms with Gasteiger partial charge in [0.2, 0.25) is 0 Å². The number of nitrogens with two attached hydrogens (primary N) is 1. The molecule has 0 aromatic heterocycles. The molecule has 2 N–H and O–H groups in total. The first kappa shape index (κ1) is 12.9. The summed E-state index contributed by atoms with van der Waals surface area (Å²) in [7, 11) is 0. The third-order valence-electron chi connectivity index (χ3n) is 2.56. The van der Waals surface area contributed by atoms with Gasteiger partial charge in [-0.3, -0.25) is 0 Å². The third kappa shape index (κ3) is 4.01. The van der Waals surface area contributed by atoms with Crippen LogP contribution >= 0.6 is 0 Å². The minimum Gasteiger partial charge on any atom is -0.493 e. The van der Waals surface area contributed by atoms with E-state index in [1.165, 1.54) is 12.1 Å². The van der Waals surface area contributed by atoms with Gasteiger partial charge in [-0.25, -0.2) is 0 Å². The summed E-state index contributed by atoms with van der Waals surface area (Å²) in [5, 5.41) is 0. The number of anilines is 1. The Morgan fingerprint density at radius 1 is 1.22 bits per heavy atom. The van der Waals surface area contributed by atoms with Gasteiger partial charge in [-0.15, -0.1) is 0 Å². The van der Waals surface area contributed by atoms with Crippen molar-refractivity contribution in [3.63, 3.8) is 0 Å². The van der Waals surface area contributed by atoms with E-state index >= 15 is 0 Å². The van der Waals surface area contributed by atoms with Crippen molar-refractivity contribution in [2.24, 2.45) is 5.92 Å². The number of alkyl halides is 3. The quantitative estimate of drug-likeness (QED) is 0.829. The fourth-order valence-electron chi connectivity index (χ4n) is 1.39. The van der Waals surface area contributed by atoms with Crippen molar-refractivity contribution in [3.05, 3.63) is 18.2 Å². The Morgan fingerprint density at radius 2 is 1.94 bits per heavy atom. The number of ether oxygens (including phenoxy) is 2. The van der Waals surface area contributed by atoms with Crippen molar-refractivity contribution >= 4 is 5.69 Å². The maximum absolute atomic E-state index is 12.0. The van der Waals surface area contributed by atoms with Gasteiger partial charge in [0.05, 0.1) is 12.3 Å². The number of halogens is 3. The first-order valence-electron chi connectivity index (χ1n) is 5.66. The molecule has 1 saturated carbocycles. The van der Waals surface area contributed by atoms with Crippen LogP contribution in [-0.2, 0) is 0 Å². The van der Waals surface area contributed by atoms with Crippen molar-refractivity contribution in [3.8, 4) is 11.5 Å². The summed E-state index contributed by atoms with van der Waals surface area (Å²) in [6.07, 6.45) is -2.09. The molecular weight excluding hydrogens is 247 g/mol. The predicted molar refractivity (Wildman–Crippen MR) is 60.6 cm³/mol. The smallest absolute Gasteiger partial charge is 0.422 e. The first-order valence-corrected chi connectivity index (χ1v) is 5.66. The molecule has 2 rings (SSSR count). The summed E-state index contributed by atoms with van der Waals surface area (Å²) >= 11 is 0. The van der Waals surface area contributed by atoms with Crippen molar-refractivity contribution in [1.29, 1.82) is 0 Å². The molecule has 0 amide bonds. The zero-order chi connectivity index (χ0) is 13.2. The van der Waals surface area contributed by atoms with Crippen LogP contribution < -0.4 is 15.2 Å². The van der Waals surface area contributed by atoms with E-state index in [0.717, 1.165) is 12.8 Å². The molecule has 6 heteroatoms. The SMILES string of the molecule is Nc1ccc(OCC2CC2)cc1OCC(F)(F)F. The highest BCUT2D eigenvalue weighted by Gasteiger charge is 2.29. The van der Waals surface area contributed by atoms with Crippen molar-refractivity contribution < 1.29 is 22.6 Å². The van der Waals surface area contributed by atoms with Gasteiger partial charge >= 0.3 is 6.18 Å². The Bertz CT molecular complexity index is 416. The average Bonchev–Trinajstić information content (AvgIpc) is 3.09. The summed E-state index contributed by atoms with van der Waals surface area (Å²) in [5.74, 6) is 1.05. The van der Waals surface area contributed by atoms with Gasteiger partial charge in [0.1, 0.15) is 11.5 Å². The molecule has 0 aliphatic heterocycles. The van der Waals surface area contributed by atoms with Crippen LogP contribution in [0.15, 0.2) is 18.2 Å². The lowest BCUT2D eigenvalue weighted by atomic mass is 10.3. The third-order valence-corrected chi connectivity index (χ3v) is 2.56. The van der Waals surface area contributed by atoms with Gasteiger partial charge in [-0.05, 0) is 30.9 Å². The maximum atomic E-state index is 12.0. The normalized spacial score (nSPS) is 15.5. The number of hydrogen-bond acceptors (Lipinski definition) is 3.